The highest BCUT2D eigenvalue weighted by atomic mass is 79.9. The van der Waals surface area contributed by atoms with Crippen LogP contribution in [0.2, 0.25) is 0 Å². The first-order valence-electron chi connectivity index (χ1n) is 8.63. The normalized spacial score (nSPS) is 12.8. The van der Waals surface area contributed by atoms with Gasteiger partial charge in [-0.15, -0.1) is 0 Å². The van der Waals surface area contributed by atoms with Gasteiger partial charge in [0, 0.05) is 11.9 Å². The summed E-state index contributed by atoms with van der Waals surface area (Å²) in [5.41, 5.74) is 0.421. The molecule has 0 amide bonds. The van der Waals surface area contributed by atoms with Crippen LogP contribution < -0.4 is 0 Å². The van der Waals surface area contributed by atoms with E-state index in [1.807, 2.05) is 51.1 Å². The van der Waals surface area contributed by atoms with Gasteiger partial charge in [-0.25, -0.2) is 0 Å². The lowest BCUT2D eigenvalue weighted by Gasteiger charge is -2.31. The summed E-state index contributed by atoms with van der Waals surface area (Å²) >= 11 is 3.34. The van der Waals surface area contributed by atoms with E-state index in [4.69, 9.17) is 4.74 Å². The molecule has 0 unspecified atom stereocenters. The second-order valence-corrected chi connectivity index (χ2v) is 7.13. The minimum Gasteiger partial charge on any atom is -0.480 e. The Hall–Kier alpha value is -1.40. The molecule has 0 saturated heterocycles. The zero-order chi connectivity index (χ0) is 18.9. The first-order valence-corrected chi connectivity index (χ1v) is 9.76. The first-order chi connectivity index (χ1) is 11.8. The molecule has 0 spiro atoms. The minimum atomic E-state index is -0.939. The van der Waals surface area contributed by atoms with Crippen LogP contribution in [0.1, 0.15) is 39.2 Å². The van der Waals surface area contributed by atoms with Gasteiger partial charge in [0.25, 0.3) is 0 Å². The predicted octanol–water partition coefficient (Wildman–Crippen LogP) is 3.50. The molecule has 0 aromatic heterocycles. The summed E-state index contributed by atoms with van der Waals surface area (Å²) in [6.07, 6.45) is 1.79. The predicted molar refractivity (Wildman–Crippen MR) is 102 cm³/mol. The molecule has 1 rings (SSSR count). The van der Waals surface area contributed by atoms with E-state index >= 15 is 0 Å². The lowest BCUT2D eigenvalue weighted by atomic mass is 10.0. The van der Waals surface area contributed by atoms with E-state index in [-0.39, 0.29) is 12.5 Å². The van der Waals surface area contributed by atoms with Gasteiger partial charge >= 0.3 is 11.9 Å². The Balaban J connectivity index is 2.86. The number of halogens is 1. The Kier molecular flexibility index (Phi) is 9.14. The molecule has 1 N–H and O–H groups in total. The van der Waals surface area contributed by atoms with Gasteiger partial charge in [0.2, 0.25) is 0 Å². The maximum atomic E-state index is 12.4. The number of ether oxygens (including phenoxy) is 1. The van der Waals surface area contributed by atoms with Crippen LogP contribution in [0, 0.1) is 0 Å². The molecule has 0 radical (unpaired) electrons. The van der Waals surface area contributed by atoms with Crippen molar-refractivity contribution in [1.29, 1.82) is 0 Å². The van der Waals surface area contributed by atoms with E-state index in [9.17, 15) is 14.7 Å². The number of benzene rings is 1. The average molecular weight is 414 g/mol. The minimum absolute atomic E-state index is 0.0367. The van der Waals surface area contributed by atoms with E-state index in [1.165, 1.54) is 0 Å². The molecule has 0 fully saturated rings. The van der Waals surface area contributed by atoms with Crippen molar-refractivity contribution >= 4 is 27.9 Å². The molecule has 0 saturated carbocycles. The summed E-state index contributed by atoms with van der Waals surface area (Å²) in [5.74, 6) is -1.32. The highest BCUT2D eigenvalue weighted by molar-refractivity contribution is 9.09. The van der Waals surface area contributed by atoms with Crippen LogP contribution in [-0.4, -0.2) is 52.0 Å². The third-order valence-corrected chi connectivity index (χ3v) is 4.91. The molecule has 0 heterocycles. The Morgan fingerprint density at radius 3 is 2.32 bits per heavy atom. The van der Waals surface area contributed by atoms with Gasteiger partial charge in [-0.1, -0.05) is 60.1 Å². The van der Waals surface area contributed by atoms with Gasteiger partial charge in [-0.2, -0.15) is 0 Å². The van der Waals surface area contributed by atoms with Crippen molar-refractivity contribution in [2.45, 2.75) is 51.7 Å². The van der Waals surface area contributed by atoms with Crippen molar-refractivity contribution in [1.82, 2.24) is 4.90 Å². The molecule has 0 bridgehead atoms. The van der Waals surface area contributed by atoms with E-state index in [1.54, 1.807) is 4.90 Å². The number of alkyl halides is 1. The SMILES string of the molecule is CCC(C)(CC)OC(=O)CN(CCBr)[C@@H](Cc1ccccc1)C(=O)O. The number of esters is 1. The van der Waals surface area contributed by atoms with Crippen LogP contribution in [0.25, 0.3) is 0 Å². The molecule has 25 heavy (non-hydrogen) atoms. The fraction of sp³-hybridized carbons (Fsp3) is 0.579. The number of hydrogen-bond donors (Lipinski definition) is 1. The second kappa shape index (κ2) is 10.6. The van der Waals surface area contributed by atoms with Crippen LogP contribution in [0.3, 0.4) is 0 Å². The molecule has 1 aromatic rings. The third kappa shape index (κ3) is 7.16. The zero-order valence-electron chi connectivity index (χ0n) is 15.2. The monoisotopic (exact) mass is 413 g/mol. The second-order valence-electron chi connectivity index (χ2n) is 6.33. The van der Waals surface area contributed by atoms with Crippen molar-refractivity contribution in [3.63, 3.8) is 0 Å². The fourth-order valence-corrected chi connectivity index (χ4v) is 2.99. The number of nitrogens with zero attached hydrogens (tertiary/aromatic N) is 1. The Labute approximate surface area is 158 Å². The molecule has 140 valence electrons. The van der Waals surface area contributed by atoms with E-state index < -0.39 is 17.6 Å². The number of carbonyl (C=O) groups is 2. The molecule has 1 atom stereocenters. The Bertz CT molecular complexity index is 546. The quantitative estimate of drug-likeness (QED) is 0.444. The molecule has 0 aliphatic carbocycles. The lowest BCUT2D eigenvalue weighted by Crippen LogP contribution is -2.47. The zero-order valence-corrected chi connectivity index (χ0v) is 16.8. The van der Waals surface area contributed by atoms with Gasteiger partial charge in [-0.05, 0) is 31.7 Å². The van der Waals surface area contributed by atoms with Crippen LogP contribution in [0.4, 0.5) is 0 Å². The first kappa shape index (κ1) is 21.6. The standard InChI is InChI=1S/C19H28BrNO4/c1-4-19(3,5-2)25-17(22)14-21(12-11-20)16(18(23)24)13-15-9-7-6-8-10-15/h6-10,16H,4-5,11-14H2,1-3H3,(H,23,24)/t16-/m0/s1. The molecular weight excluding hydrogens is 386 g/mol. The number of carboxylic acid groups (broad SMARTS) is 1. The average Bonchev–Trinajstić information content (AvgIpc) is 2.59. The smallest absolute Gasteiger partial charge is 0.321 e. The fourth-order valence-electron chi connectivity index (χ4n) is 2.53. The van der Waals surface area contributed by atoms with Crippen molar-refractivity contribution in [3.8, 4) is 0 Å². The van der Waals surface area contributed by atoms with Gasteiger partial charge in [0.05, 0.1) is 6.54 Å². The number of carbonyl (C=O) groups excluding carboxylic acids is 1. The number of rotatable bonds is 11. The summed E-state index contributed by atoms with van der Waals surface area (Å²) in [6.45, 7) is 6.27. The van der Waals surface area contributed by atoms with E-state index in [2.05, 4.69) is 15.9 Å². The molecule has 0 aliphatic rings. The van der Waals surface area contributed by atoms with Crippen LogP contribution in [-0.2, 0) is 20.7 Å². The van der Waals surface area contributed by atoms with E-state index in [0.29, 0.717) is 18.3 Å². The van der Waals surface area contributed by atoms with Crippen LogP contribution in [0.15, 0.2) is 30.3 Å². The van der Waals surface area contributed by atoms with Crippen molar-refractivity contribution in [3.05, 3.63) is 35.9 Å². The number of hydrogen-bond acceptors (Lipinski definition) is 4. The van der Waals surface area contributed by atoms with Gasteiger partial charge in [0.15, 0.2) is 0 Å². The molecule has 0 aliphatic heterocycles. The van der Waals surface area contributed by atoms with E-state index in [0.717, 1.165) is 18.4 Å². The van der Waals surface area contributed by atoms with Gasteiger partial charge < -0.3 is 9.84 Å². The Morgan fingerprint density at radius 1 is 1.24 bits per heavy atom. The van der Waals surface area contributed by atoms with Crippen LogP contribution >= 0.6 is 15.9 Å². The van der Waals surface area contributed by atoms with Gasteiger partial charge in [0.1, 0.15) is 11.6 Å². The Morgan fingerprint density at radius 2 is 1.84 bits per heavy atom. The molecule has 1 aromatic carbocycles. The number of aliphatic carboxylic acids is 1. The molecular formula is C19H28BrNO4. The maximum Gasteiger partial charge on any atom is 0.321 e. The summed E-state index contributed by atoms with van der Waals surface area (Å²) in [6, 6.07) is 8.67. The molecule has 5 nitrogen and oxygen atoms in total. The van der Waals surface area contributed by atoms with Crippen molar-refractivity contribution in [2.75, 3.05) is 18.4 Å². The number of carboxylic acids is 1. The van der Waals surface area contributed by atoms with Crippen molar-refractivity contribution in [2.24, 2.45) is 0 Å². The topological polar surface area (TPSA) is 66.8 Å². The highest BCUT2D eigenvalue weighted by Crippen LogP contribution is 2.20. The summed E-state index contributed by atoms with van der Waals surface area (Å²) in [7, 11) is 0. The van der Waals surface area contributed by atoms with Crippen molar-refractivity contribution < 1.29 is 19.4 Å². The highest BCUT2D eigenvalue weighted by Gasteiger charge is 2.30. The molecule has 6 heteroatoms. The summed E-state index contributed by atoms with van der Waals surface area (Å²) < 4.78 is 5.60. The lowest BCUT2D eigenvalue weighted by molar-refractivity contribution is -0.161. The summed E-state index contributed by atoms with van der Waals surface area (Å²) in [5, 5.41) is 10.2. The largest absolute Gasteiger partial charge is 0.480 e. The third-order valence-electron chi connectivity index (χ3n) is 4.56. The summed E-state index contributed by atoms with van der Waals surface area (Å²) in [4.78, 5) is 25.8. The maximum absolute atomic E-state index is 12.4. The van der Waals surface area contributed by atoms with Crippen LogP contribution in [0.5, 0.6) is 0 Å². The van der Waals surface area contributed by atoms with Gasteiger partial charge in [-0.3, -0.25) is 14.5 Å².